The zero-order valence-electron chi connectivity index (χ0n) is 15.3. The first-order chi connectivity index (χ1) is 12.7. The molecular weight excluding hydrogens is 332 g/mol. The van der Waals surface area contributed by atoms with Gasteiger partial charge in [0.15, 0.2) is 11.5 Å². The van der Waals surface area contributed by atoms with E-state index in [2.05, 4.69) is 9.80 Å². The normalized spacial score (nSPS) is 21.6. The predicted molar refractivity (Wildman–Crippen MR) is 97.3 cm³/mol. The van der Waals surface area contributed by atoms with Crippen LogP contribution in [0.4, 0.5) is 0 Å². The van der Waals surface area contributed by atoms with Gasteiger partial charge in [-0.1, -0.05) is 12.8 Å². The van der Waals surface area contributed by atoms with E-state index in [1.54, 1.807) is 6.07 Å². The van der Waals surface area contributed by atoms with E-state index in [0.29, 0.717) is 24.0 Å². The Bertz CT molecular complexity index is 647. The van der Waals surface area contributed by atoms with E-state index in [1.807, 2.05) is 6.07 Å². The van der Waals surface area contributed by atoms with E-state index in [4.69, 9.17) is 9.47 Å². The molecule has 1 amide bonds. The molecule has 142 valence electrons. The minimum absolute atomic E-state index is 0.162. The van der Waals surface area contributed by atoms with Crippen molar-refractivity contribution in [3.05, 3.63) is 17.7 Å². The number of piperidine rings is 1. The van der Waals surface area contributed by atoms with Crippen LogP contribution in [0.15, 0.2) is 12.1 Å². The number of rotatable bonds is 3. The van der Waals surface area contributed by atoms with Gasteiger partial charge >= 0.3 is 0 Å². The highest BCUT2D eigenvalue weighted by Gasteiger charge is 2.29. The van der Waals surface area contributed by atoms with Gasteiger partial charge in [0, 0.05) is 37.2 Å². The predicted octanol–water partition coefficient (Wildman–Crippen LogP) is 2.74. The molecule has 3 aliphatic rings. The van der Waals surface area contributed by atoms with Crippen molar-refractivity contribution in [1.82, 2.24) is 9.80 Å². The van der Waals surface area contributed by atoms with Crippen molar-refractivity contribution in [3.8, 4) is 17.2 Å². The average molecular weight is 360 g/mol. The molecule has 6 heteroatoms. The maximum absolute atomic E-state index is 12.8. The van der Waals surface area contributed by atoms with Crippen LogP contribution < -0.4 is 9.47 Å². The fourth-order valence-electron chi connectivity index (χ4n) is 4.23. The van der Waals surface area contributed by atoms with Crippen molar-refractivity contribution < 1.29 is 19.4 Å². The molecule has 2 fully saturated rings. The maximum atomic E-state index is 12.8. The smallest absolute Gasteiger partial charge is 0.231 e. The topological polar surface area (TPSA) is 62.2 Å². The van der Waals surface area contributed by atoms with Gasteiger partial charge in [0.1, 0.15) is 5.75 Å². The molecule has 6 nitrogen and oxygen atoms in total. The van der Waals surface area contributed by atoms with E-state index in [-0.39, 0.29) is 18.5 Å². The average Bonchev–Trinajstić information content (AvgIpc) is 2.93. The standard InChI is InChI=1S/C20H28N2O4/c23-17-12-19-18(25-14-26-19)11-16(17)13-21-9-5-15(6-10-21)20(24)22-7-3-1-2-4-8-22/h11-12,15,23H,1-10,13-14H2. The van der Waals surface area contributed by atoms with Gasteiger partial charge in [0.2, 0.25) is 12.7 Å². The van der Waals surface area contributed by atoms with Crippen LogP contribution in [-0.4, -0.2) is 53.8 Å². The van der Waals surface area contributed by atoms with Crippen LogP contribution in [0.25, 0.3) is 0 Å². The summed E-state index contributed by atoms with van der Waals surface area (Å²) in [6.45, 7) is 4.53. The third kappa shape index (κ3) is 3.75. The second kappa shape index (κ2) is 7.74. The lowest BCUT2D eigenvalue weighted by molar-refractivity contribution is -0.137. The summed E-state index contributed by atoms with van der Waals surface area (Å²) < 4.78 is 10.7. The Hall–Kier alpha value is -1.95. The summed E-state index contributed by atoms with van der Waals surface area (Å²) in [5, 5.41) is 10.2. The van der Waals surface area contributed by atoms with Crippen LogP contribution in [-0.2, 0) is 11.3 Å². The Morgan fingerprint density at radius 1 is 1.00 bits per heavy atom. The van der Waals surface area contributed by atoms with Crippen LogP contribution in [0.3, 0.4) is 0 Å². The van der Waals surface area contributed by atoms with Crippen LogP contribution in [0, 0.1) is 5.92 Å². The first kappa shape index (κ1) is 17.5. The number of amides is 1. The lowest BCUT2D eigenvalue weighted by Gasteiger charge is -2.34. The van der Waals surface area contributed by atoms with Gasteiger partial charge in [-0.2, -0.15) is 0 Å². The van der Waals surface area contributed by atoms with Crippen molar-refractivity contribution in [2.24, 2.45) is 5.92 Å². The Morgan fingerprint density at radius 2 is 1.65 bits per heavy atom. The molecule has 0 aromatic heterocycles. The summed E-state index contributed by atoms with van der Waals surface area (Å²) in [4.78, 5) is 17.2. The van der Waals surface area contributed by atoms with Crippen LogP contribution in [0.5, 0.6) is 17.2 Å². The molecule has 1 aromatic rings. The Labute approximate surface area is 154 Å². The van der Waals surface area contributed by atoms with Gasteiger partial charge in [-0.3, -0.25) is 9.69 Å². The number of fused-ring (bicyclic) bond motifs is 1. The van der Waals surface area contributed by atoms with Crippen molar-refractivity contribution in [3.63, 3.8) is 0 Å². The number of phenols is 1. The molecule has 3 aliphatic heterocycles. The van der Waals surface area contributed by atoms with E-state index in [1.165, 1.54) is 12.8 Å². The number of hydrogen-bond donors (Lipinski definition) is 1. The molecule has 0 saturated carbocycles. The molecule has 0 radical (unpaired) electrons. The molecule has 0 aliphatic carbocycles. The van der Waals surface area contributed by atoms with Gasteiger partial charge in [-0.05, 0) is 44.8 Å². The van der Waals surface area contributed by atoms with E-state index >= 15 is 0 Å². The van der Waals surface area contributed by atoms with Crippen LogP contribution >= 0.6 is 0 Å². The van der Waals surface area contributed by atoms with Crippen LogP contribution in [0.1, 0.15) is 44.1 Å². The highest BCUT2D eigenvalue weighted by atomic mass is 16.7. The second-order valence-corrected chi connectivity index (χ2v) is 7.62. The van der Waals surface area contributed by atoms with Gasteiger partial charge in [0.05, 0.1) is 0 Å². The van der Waals surface area contributed by atoms with Crippen molar-refractivity contribution in [2.45, 2.75) is 45.1 Å². The molecule has 1 N–H and O–H groups in total. The first-order valence-corrected chi connectivity index (χ1v) is 9.83. The lowest BCUT2D eigenvalue weighted by Crippen LogP contribution is -2.42. The molecular formula is C20H28N2O4. The second-order valence-electron chi connectivity index (χ2n) is 7.62. The minimum Gasteiger partial charge on any atom is -0.507 e. The number of phenolic OH excluding ortho intramolecular Hbond substituents is 1. The van der Waals surface area contributed by atoms with Gasteiger partial charge in [-0.25, -0.2) is 0 Å². The summed E-state index contributed by atoms with van der Waals surface area (Å²) in [6, 6.07) is 3.50. The van der Waals surface area contributed by atoms with Gasteiger partial charge < -0.3 is 19.5 Å². The van der Waals surface area contributed by atoms with Gasteiger partial charge in [0.25, 0.3) is 0 Å². The quantitative estimate of drug-likeness (QED) is 0.898. The minimum atomic E-state index is 0.162. The third-order valence-electron chi connectivity index (χ3n) is 5.82. The molecule has 3 heterocycles. The third-order valence-corrected chi connectivity index (χ3v) is 5.82. The summed E-state index contributed by atoms with van der Waals surface area (Å²) in [6.07, 6.45) is 6.60. The Balaban J connectivity index is 1.32. The summed E-state index contributed by atoms with van der Waals surface area (Å²) in [7, 11) is 0. The first-order valence-electron chi connectivity index (χ1n) is 9.83. The van der Waals surface area contributed by atoms with Crippen molar-refractivity contribution in [1.29, 1.82) is 0 Å². The molecule has 0 unspecified atom stereocenters. The zero-order chi connectivity index (χ0) is 17.9. The Morgan fingerprint density at radius 3 is 2.35 bits per heavy atom. The van der Waals surface area contributed by atoms with E-state index < -0.39 is 0 Å². The SMILES string of the molecule is O=C(C1CCN(Cc2cc3c(cc2O)OCO3)CC1)N1CCCCCC1. The fraction of sp³-hybridized carbons (Fsp3) is 0.650. The molecule has 1 aromatic carbocycles. The molecule has 4 rings (SSSR count). The number of carbonyl (C=O) groups excluding carboxylic acids is 1. The number of likely N-dealkylation sites (tertiary alicyclic amines) is 2. The number of aromatic hydroxyl groups is 1. The fourth-order valence-corrected chi connectivity index (χ4v) is 4.23. The van der Waals surface area contributed by atoms with E-state index in [0.717, 1.165) is 57.4 Å². The van der Waals surface area contributed by atoms with Crippen LogP contribution in [0.2, 0.25) is 0 Å². The molecule has 0 atom stereocenters. The lowest BCUT2D eigenvalue weighted by atomic mass is 9.94. The number of ether oxygens (including phenoxy) is 2. The molecule has 0 spiro atoms. The monoisotopic (exact) mass is 360 g/mol. The molecule has 0 bridgehead atoms. The molecule has 2 saturated heterocycles. The largest absolute Gasteiger partial charge is 0.507 e. The molecule has 26 heavy (non-hydrogen) atoms. The summed E-state index contributed by atoms with van der Waals surface area (Å²) in [5.41, 5.74) is 0.853. The number of nitrogens with zero attached hydrogens (tertiary/aromatic N) is 2. The number of carbonyl (C=O) groups is 1. The summed E-state index contributed by atoms with van der Waals surface area (Å²) >= 11 is 0. The highest BCUT2D eigenvalue weighted by Crippen LogP contribution is 2.38. The number of benzene rings is 1. The van der Waals surface area contributed by atoms with Crippen molar-refractivity contribution in [2.75, 3.05) is 33.0 Å². The summed E-state index contributed by atoms with van der Waals surface area (Å²) in [5.74, 6) is 2.07. The maximum Gasteiger partial charge on any atom is 0.231 e. The van der Waals surface area contributed by atoms with Crippen molar-refractivity contribution >= 4 is 5.91 Å². The van der Waals surface area contributed by atoms with Gasteiger partial charge in [-0.15, -0.1) is 0 Å². The highest BCUT2D eigenvalue weighted by molar-refractivity contribution is 5.79. The number of hydrogen-bond acceptors (Lipinski definition) is 5. The Kier molecular flexibility index (Phi) is 5.20. The van der Waals surface area contributed by atoms with E-state index in [9.17, 15) is 9.90 Å². The zero-order valence-corrected chi connectivity index (χ0v) is 15.3.